The van der Waals surface area contributed by atoms with E-state index in [-0.39, 0.29) is 0 Å². The molecule has 0 unspecified atom stereocenters. The minimum absolute atomic E-state index is 0.488. The molecule has 0 rings (SSSR count). The van der Waals surface area contributed by atoms with Crippen LogP contribution in [-0.4, -0.2) is 6.54 Å². The molecule has 0 heterocycles. The van der Waals surface area contributed by atoms with Crippen molar-refractivity contribution in [1.29, 1.82) is 0 Å². The second-order valence-corrected chi connectivity index (χ2v) is 2.01. The summed E-state index contributed by atoms with van der Waals surface area (Å²) in [5.74, 6) is 6.46. The van der Waals surface area contributed by atoms with Gasteiger partial charge in [-0.2, -0.15) is 0 Å². The minimum atomic E-state index is 0.488. The van der Waals surface area contributed by atoms with Crippen molar-refractivity contribution in [3.05, 3.63) is 0 Å². The second kappa shape index (κ2) is 4.67. The molecule has 1 heteroatoms. The Morgan fingerprint density at radius 3 is 2.50 bits per heavy atom. The summed E-state index contributed by atoms with van der Waals surface area (Å²) in [7, 11) is 0. The van der Waals surface area contributed by atoms with Crippen LogP contribution in [0.1, 0.15) is 20.3 Å². The molecular formula is C7H13N. The zero-order chi connectivity index (χ0) is 6.41. The third-order valence-electron chi connectivity index (χ3n) is 0.660. The van der Waals surface area contributed by atoms with Crippen LogP contribution in [0.25, 0.3) is 0 Å². The van der Waals surface area contributed by atoms with Crippen molar-refractivity contribution in [1.82, 2.24) is 0 Å². The Labute approximate surface area is 51.3 Å². The van der Waals surface area contributed by atoms with Crippen LogP contribution in [0.4, 0.5) is 0 Å². The molecular weight excluding hydrogens is 98.1 g/mol. The predicted molar refractivity (Wildman–Crippen MR) is 36.3 cm³/mol. The molecule has 2 N–H and O–H groups in total. The van der Waals surface area contributed by atoms with Gasteiger partial charge in [-0.15, -0.1) is 11.8 Å². The Morgan fingerprint density at radius 2 is 2.12 bits per heavy atom. The third kappa shape index (κ3) is 5.52. The normalized spacial score (nSPS) is 8.50. The van der Waals surface area contributed by atoms with Crippen LogP contribution < -0.4 is 5.73 Å². The van der Waals surface area contributed by atoms with E-state index in [1.165, 1.54) is 0 Å². The van der Waals surface area contributed by atoms with E-state index in [4.69, 9.17) is 5.73 Å². The average molecular weight is 111 g/mol. The lowest BCUT2D eigenvalue weighted by Crippen LogP contribution is -1.95. The molecule has 0 bridgehead atoms. The summed E-state index contributed by atoms with van der Waals surface area (Å²) in [6.45, 7) is 4.83. The van der Waals surface area contributed by atoms with Crippen molar-refractivity contribution in [2.24, 2.45) is 11.7 Å². The van der Waals surface area contributed by atoms with Gasteiger partial charge in [-0.1, -0.05) is 13.8 Å². The van der Waals surface area contributed by atoms with E-state index in [9.17, 15) is 0 Å². The largest absolute Gasteiger partial charge is 0.330 e. The quantitative estimate of drug-likeness (QED) is 0.502. The highest BCUT2D eigenvalue weighted by molar-refractivity contribution is 5.01. The Balaban J connectivity index is 3.20. The van der Waals surface area contributed by atoms with E-state index >= 15 is 0 Å². The van der Waals surface area contributed by atoms with Crippen LogP contribution in [0.15, 0.2) is 0 Å². The van der Waals surface area contributed by atoms with Crippen molar-refractivity contribution in [2.45, 2.75) is 20.3 Å². The Bertz CT molecular complexity index is 94.7. The van der Waals surface area contributed by atoms with Crippen LogP contribution in [0.5, 0.6) is 0 Å². The first kappa shape index (κ1) is 7.52. The van der Waals surface area contributed by atoms with Crippen molar-refractivity contribution in [3.63, 3.8) is 0 Å². The molecule has 0 aliphatic rings. The minimum Gasteiger partial charge on any atom is -0.330 e. The fourth-order valence-electron chi connectivity index (χ4n) is 0.348. The highest BCUT2D eigenvalue weighted by Gasteiger charge is 1.78. The molecule has 0 spiro atoms. The Morgan fingerprint density at radius 1 is 1.50 bits per heavy atom. The summed E-state index contributed by atoms with van der Waals surface area (Å²) in [6, 6.07) is 0. The lowest BCUT2D eigenvalue weighted by Gasteiger charge is -1.85. The first-order chi connectivity index (χ1) is 3.77. The van der Waals surface area contributed by atoms with Gasteiger partial charge in [0.2, 0.25) is 0 Å². The lowest BCUT2D eigenvalue weighted by molar-refractivity contribution is 0.863. The molecule has 0 fully saturated rings. The molecule has 0 atom stereocenters. The molecule has 0 aromatic rings. The van der Waals surface area contributed by atoms with Gasteiger partial charge in [-0.25, -0.2) is 0 Å². The van der Waals surface area contributed by atoms with Crippen LogP contribution >= 0.6 is 0 Å². The molecule has 8 heavy (non-hydrogen) atoms. The number of rotatable bonds is 1. The van der Waals surface area contributed by atoms with Gasteiger partial charge in [-0.05, 0) is 0 Å². The summed E-state index contributed by atoms with van der Waals surface area (Å²) < 4.78 is 0. The van der Waals surface area contributed by atoms with Crippen LogP contribution in [0, 0.1) is 17.8 Å². The maximum absolute atomic E-state index is 5.21. The van der Waals surface area contributed by atoms with Gasteiger partial charge in [0, 0.05) is 18.9 Å². The average Bonchev–Trinajstić information content (AvgIpc) is 1.66. The predicted octanol–water partition coefficient (Wildman–Crippen LogP) is 0.995. The monoisotopic (exact) mass is 111 g/mol. The molecule has 0 aliphatic carbocycles. The van der Waals surface area contributed by atoms with Crippen LogP contribution in [0.3, 0.4) is 0 Å². The standard InChI is InChI=1S/C7H13N/c1-7(2)5-3-4-6-8/h7H,4,6,8H2,1-2H3. The summed E-state index contributed by atoms with van der Waals surface area (Å²) in [5, 5.41) is 0. The van der Waals surface area contributed by atoms with Crippen LogP contribution in [-0.2, 0) is 0 Å². The molecule has 0 saturated heterocycles. The Hall–Kier alpha value is -0.480. The number of nitrogens with two attached hydrogens (primary N) is 1. The summed E-state index contributed by atoms with van der Waals surface area (Å²) in [4.78, 5) is 0. The summed E-state index contributed by atoms with van der Waals surface area (Å²) in [6.07, 6.45) is 0.832. The highest BCUT2D eigenvalue weighted by Crippen LogP contribution is 1.85. The number of hydrogen-bond acceptors (Lipinski definition) is 1. The smallest absolute Gasteiger partial charge is 0.0212 e. The second-order valence-electron chi connectivity index (χ2n) is 2.01. The molecule has 1 nitrogen and oxygen atoms in total. The molecule has 0 saturated carbocycles. The molecule has 0 aromatic carbocycles. The van der Waals surface area contributed by atoms with Crippen molar-refractivity contribution in [3.8, 4) is 11.8 Å². The number of hydrogen-bond donors (Lipinski definition) is 1. The molecule has 46 valence electrons. The molecule has 0 amide bonds. The van der Waals surface area contributed by atoms with Crippen LogP contribution in [0.2, 0.25) is 0 Å². The SMILES string of the molecule is CC(C)C#CCCN. The van der Waals surface area contributed by atoms with E-state index in [0.29, 0.717) is 12.5 Å². The van der Waals surface area contributed by atoms with Gasteiger partial charge in [0.1, 0.15) is 0 Å². The lowest BCUT2D eigenvalue weighted by atomic mass is 10.2. The zero-order valence-electron chi connectivity index (χ0n) is 5.57. The van der Waals surface area contributed by atoms with E-state index < -0.39 is 0 Å². The maximum atomic E-state index is 5.21. The zero-order valence-corrected chi connectivity index (χ0v) is 5.57. The Kier molecular flexibility index (Phi) is 4.39. The fourth-order valence-corrected chi connectivity index (χ4v) is 0.348. The van der Waals surface area contributed by atoms with Crippen molar-refractivity contribution in [2.75, 3.05) is 6.54 Å². The van der Waals surface area contributed by atoms with Gasteiger partial charge >= 0.3 is 0 Å². The third-order valence-corrected chi connectivity index (χ3v) is 0.660. The first-order valence-corrected chi connectivity index (χ1v) is 2.96. The van der Waals surface area contributed by atoms with Crippen molar-refractivity contribution >= 4 is 0 Å². The van der Waals surface area contributed by atoms with Gasteiger partial charge in [0.05, 0.1) is 0 Å². The molecule has 0 aromatic heterocycles. The van der Waals surface area contributed by atoms with E-state index in [1.807, 2.05) is 0 Å². The van der Waals surface area contributed by atoms with Crippen molar-refractivity contribution < 1.29 is 0 Å². The van der Waals surface area contributed by atoms with Gasteiger partial charge in [0.15, 0.2) is 0 Å². The first-order valence-electron chi connectivity index (χ1n) is 2.96. The summed E-state index contributed by atoms with van der Waals surface area (Å²) >= 11 is 0. The molecule has 0 radical (unpaired) electrons. The van der Waals surface area contributed by atoms with E-state index in [0.717, 1.165) is 6.42 Å². The van der Waals surface area contributed by atoms with Gasteiger partial charge in [0.25, 0.3) is 0 Å². The maximum Gasteiger partial charge on any atom is 0.0212 e. The fraction of sp³-hybridized carbons (Fsp3) is 0.714. The van der Waals surface area contributed by atoms with E-state index in [2.05, 4.69) is 25.7 Å². The molecule has 0 aliphatic heterocycles. The van der Waals surface area contributed by atoms with Gasteiger partial charge in [-0.3, -0.25) is 0 Å². The van der Waals surface area contributed by atoms with E-state index in [1.54, 1.807) is 0 Å². The highest BCUT2D eigenvalue weighted by atomic mass is 14.5. The van der Waals surface area contributed by atoms with Gasteiger partial charge < -0.3 is 5.73 Å². The summed E-state index contributed by atoms with van der Waals surface area (Å²) in [5.41, 5.74) is 5.21. The topological polar surface area (TPSA) is 26.0 Å².